The van der Waals surface area contributed by atoms with Crippen LogP contribution >= 0.6 is 0 Å². The molecule has 7 nitrogen and oxygen atoms in total. The second kappa shape index (κ2) is 9.86. The van der Waals surface area contributed by atoms with Gasteiger partial charge in [0.2, 0.25) is 15.9 Å². The molecule has 1 atom stereocenters. The molecule has 0 aromatic heterocycles. The van der Waals surface area contributed by atoms with Crippen molar-refractivity contribution in [3.63, 3.8) is 0 Å². The Morgan fingerprint density at radius 3 is 2.13 bits per heavy atom. The maximum atomic E-state index is 13.0. The van der Waals surface area contributed by atoms with Gasteiger partial charge in [0.1, 0.15) is 6.04 Å². The SMILES string of the molecule is CS(=O)(=O)N1CCC(NC(=O)[C@H](Cc2ccccc2)NC(=O)c2ccccc2)CC1. The maximum Gasteiger partial charge on any atom is 0.251 e. The van der Waals surface area contributed by atoms with E-state index >= 15 is 0 Å². The van der Waals surface area contributed by atoms with E-state index in [4.69, 9.17) is 0 Å². The van der Waals surface area contributed by atoms with Gasteiger partial charge >= 0.3 is 0 Å². The summed E-state index contributed by atoms with van der Waals surface area (Å²) in [7, 11) is -3.22. The molecule has 2 amide bonds. The number of carbonyl (C=O) groups is 2. The van der Waals surface area contributed by atoms with Gasteiger partial charge in [-0.25, -0.2) is 12.7 Å². The third kappa shape index (κ3) is 6.14. The number of carbonyl (C=O) groups excluding carboxylic acids is 2. The second-order valence-electron chi connectivity index (χ2n) is 7.53. The predicted molar refractivity (Wildman–Crippen MR) is 115 cm³/mol. The van der Waals surface area contributed by atoms with E-state index in [0.29, 0.717) is 37.9 Å². The molecule has 1 aliphatic heterocycles. The minimum absolute atomic E-state index is 0.123. The topological polar surface area (TPSA) is 95.6 Å². The molecular weight excluding hydrogens is 402 g/mol. The first-order valence-corrected chi connectivity index (χ1v) is 11.8. The van der Waals surface area contributed by atoms with E-state index in [2.05, 4.69) is 10.6 Å². The maximum absolute atomic E-state index is 13.0. The van der Waals surface area contributed by atoms with Gasteiger partial charge in [-0.15, -0.1) is 0 Å². The van der Waals surface area contributed by atoms with Crippen LogP contribution in [0.3, 0.4) is 0 Å². The number of sulfonamides is 1. The first-order chi connectivity index (χ1) is 14.3. The van der Waals surface area contributed by atoms with Crippen molar-refractivity contribution in [1.29, 1.82) is 0 Å². The molecule has 0 radical (unpaired) electrons. The summed E-state index contributed by atoms with van der Waals surface area (Å²) in [6, 6.07) is 17.4. The Bertz CT molecular complexity index is 956. The quantitative estimate of drug-likeness (QED) is 0.698. The number of nitrogens with one attached hydrogen (secondary N) is 2. The number of rotatable bonds is 7. The minimum Gasteiger partial charge on any atom is -0.351 e. The Kier molecular flexibility index (Phi) is 7.23. The van der Waals surface area contributed by atoms with E-state index in [1.807, 2.05) is 36.4 Å². The van der Waals surface area contributed by atoms with Crippen LogP contribution in [0.1, 0.15) is 28.8 Å². The van der Waals surface area contributed by atoms with Crippen LogP contribution in [0.2, 0.25) is 0 Å². The van der Waals surface area contributed by atoms with Gasteiger partial charge in [-0.3, -0.25) is 9.59 Å². The molecule has 0 bridgehead atoms. The average Bonchev–Trinajstić information content (AvgIpc) is 2.74. The molecule has 0 saturated carbocycles. The van der Waals surface area contributed by atoms with Gasteiger partial charge in [-0.2, -0.15) is 0 Å². The Morgan fingerprint density at radius 1 is 1.00 bits per heavy atom. The third-order valence-electron chi connectivity index (χ3n) is 5.21. The second-order valence-corrected chi connectivity index (χ2v) is 9.51. The fourth-order valence-electron chi connectivity index (χ4n) is 3.52. The Labute approximate surface area is 177 Å². The smallest absolute Gasteiger partial charge is 0.251 e. The van der Waals surface area contributed by atoms with E-state index in [-0.39, 0.29) is 17.9 Å². The molecule has 8 heteroatoms. The highest BCUT2D eigenvalue weighted by Gasteiger charge is 2.28. The van der Waals surface area contributed by atoms with Gasteiger partial charge in [-0.05, 0) is 30.5 Å². The lowest BCUT2D eigenvalue weighted by molar-refractivity contribution is -0.123. The monoisotopic (exact) mass is 429 g/mol. The van der Waals surface area contributed by atoms with Crippen molar-refractivity contribution < 1.29 is 18.0 Å². The summed E-state index contributed by atoms with van der Waals surface area (Å²) in [5, 5.41) is 5.84. The van der Waals surface area contributed by atoms with Crippen LogP contribution in [0.15, 0.2) is 60.7 Å². The number of nitrogens with zero attached hydrogens (tertiary/aromatic N) is 1. The van der Waals surface area contributed by atoms with Crippen molar-refractivity contribution in [1.82, 2.24) is 14.9 Å². The Hall–Kier alpha value is -2.71. The zero-order valence-corrected chi connectivity index (χ0v) is 17.8. The molecule has 2 aromatic rings. The standard InChI is InChI=1S/C22H27N3O4S/c1-30(28,29)25-14-12-19(13-15-25)23-22(27)20(16-17-8-4-2-5-9-17)24-21(26)18-10-6-3-7-11-18/h2-11,19-20H,12-16H2,1H3,(H,23,27)(H,24,26)/t20-/m0/s1. The number of amides is 2. The lowest BCUT2D eigenvalue weighted by Gasteiger charge is -2.31. The molecule has 30 heavy (non-hydrogen) atoms. The first-order valence-electron chi connectivity index (χ1n) is 9.98. The summed E-state index contributed by atoms with van der Waals surface area (Å²) < 4.78 is 24.8. The van der Waals surface area contributed by atoms with Crippen LogP contribution in [0.5, 0.6) is 0 Å². The molecule has 0 aliphatic carbocycles. The fraction of sp³-hybridized carbons (Fsp3) is 0.364. The molecule has 2 N–H and O–H groups in total. The highest BCUT2D eigenvalue weighted by molar-refractivity contribution is 7.88. The van der Waals surface area contributed by atoms with Crippen LogP contribution in [0.4, 0.5) is 0 Å². The summed E-state index contributed by atoms with van der Waals surface area (Å²) >= 11 is 0. The minimum atomic E-state index is -3.22. The Balaban J connectivity index is 1.66. The van der Waals surface area contributed by atoms with Crippen molar-refractivity contribution in [2.75, 3.05) is 19.3 Å². The summed E-state index contributed by atoms with van der Waals surface area (Å²) in [6.07, 6.45) is 2.65. The lowest BCUT2D eigenvalue weighted by Crippen LogP contribution is -2.53. The zero-order chi connectivity index (χ0) is 21.6. The molecular formula is C22H27N3O4S. The molecule has 2 aromatic carbocycles. The number of hydrogen-bond donors (Lipinski definition) is 2. The molecule has 0 spiro atoms. The molecule has 0 unspecified atom stereocenters. The molecule has 1 aliphatic rings. The van der Waals surface area contributed by atoms with Crippen molar-refractivity contribution >= 4 is 21.8 Å². The van der Waals surface area contributed by atoms with Gasteiger partial charge < -0.3 is 10.6 Å². The van der Waals surface area contributed by atoms with Crippen LogP contribution in [0.25, 0.3) is 0 Å². The number of hydrogen-bond acceptors (Lipinski definition) is 4. The highest BCUT2D eigenvalue weighted by atomic mass is 32.2. The predicted octanol–water partition coefficient (Wildman–Crippen LogP) is 1.57. The van der Waals surface area contributed by atoms with Gasteiger partial charge in [0.25, 0.3) is 5.91 Å². The first kappa shape index (κ1) is 22.0. The number of benzene rings is 2. The van der Waals surface area contributed by atoms with E-state index in [0.717, 1.165) is 5.56 Å². The lowest BCUT2D eigenvalue weighted by atomic mass is 10.0. The van der Waals surface area contributed by atoms with Gasteiger partial charge in [0.05, 0.1) is 6.26 Å². The molecule has 3 rings (SSSR count). The summed E-state index contributed by atoms with van der Waals surface area (Å²) in [4.78, 5) is 25.6. The van der Waals surface area contributed by atoms with Crippen LogP contribution in [0, 0.1) is 0 Å². The van der Waals surface area contributed by atoms with E-state index in [1.54, 1.807) is 24.3 Å². The summed E-state index contributed by atoms with van der Waals surface area (Å²) in [5.41, 5.74) is 1.43. The normalized spacial score (nSPS) is 16.6. The van der Waals surface area contributed by atoms with E-state index in [1.165, 1.54) is 10.6 Å². The van der Waals surface area contributed by atoms with Gasteiger partial charge in [0.15, 0.2) is 0 Å². The summed E-state index contributed by atoms with van der Waals surface area (Å²) in [6.45, 7) is 0.757. The fourth-order valence-corrected chi connectivity index (χ4v) is 4.40. The van der Waals surface area contributed by atoms with Crippen LogP contribution in [-0.2, 0) is 21.2 Å². The molecule has 1 saturated heterocycles. The third-order valence-corrected chi connectivity index (χ3v) is 6.51. The Morgan fingerprint density at radius 2 is 1.57 bits per heavy atom. The zero-order valence-electron chi connectivity index (χ0n) is 17.0. The van der Waals surface area contributed by atoms with Crippen LogP contribution < -0.4 is 10.6 Å². The van der Waals surface area contributed by atoms with E-state index in [9.17, 15) is 18.0 Å². The van der Waals surface area contributed by atoms with E-state index < -0.39 is 16.1 Å². The van der Waals surface area contributed by atoms with Gasteiger partial charge in [-0.1, -0.05) is 48.5 Å². The average molecular weight is 430 g/mol. The summed E-state index contributed by atoms with van der Waals surface area (Å²) in [5.74, 6) is -0.570. The van der Waals surface area contributed by atoms with Crippen molar-refractivity contribution in [2.45, 2.75) is 31.3 Å². The number of piperidine rings is 1. The molecule has 1 heterocycles. The van der Waals surface area contributed by atoms with Crippen LogP contribution in [-0.4, -0.2) is 56.0 Å². The largest absolute Gasteiger partial charge is 0.351 e. The van der Waals surface area contributed by atoms with Crippen molar-refractivity contribution in [3.8, 4) is 0 Å². The molecule has 160 valence electrons. The van der Waals surface area contributed by atoms with Gasteiger partial charge in [0, 0.05) is 31.1 Å². The van der Waals surface area contributed by atoms with Crippen molar-refractivity contribution in [3.05, 3.63) is 71.8 Å². The molecule has 1 fully saturated rings. The van der Waals surface area contributed by atoms with Crippen molar-refractivity contribution in [2.24, 2.45) is 0 Å². The highest BCUT2D eigenvalue weighted by Crippen LogP contribution is 2.14.